The van der Waals surface area contributed by atoms with Crippen molar-refractivity contribution in [1.29, 1.82) is 0 Å². The number of ether oxygens (including phenoxy) is 2. The second-order valence-electron chi connectivity index (χ2n) is 5.92. The molecule has 1 aromatic carbocycles. The smallest absolute Gasteiger partial charge is 0.231 e. The zero-order valence-electron chi connectivity index (χ0n) is 12.2. The third kappa shape index (κ3) is 2.83. The van der Waals surface area contributed by atoms with Crippen molar-refractivity contribution >= 4 is 11.6 Å². The lowest BCUT2D eigenvalue weighted by atomic mass is 9.79. The highest BCUT2D eigenvalue weighted by Crippen LogP contribution is 2.37. The van der Waals surface area contributed by atoms with Crippen LogP contribution in [0.15, 0.2) is 18.2 Å². The van der Waals surface area contributed by atoms with Crippen molar-refractivity contribution in [2.24, 2.45) is 11.1 Å². The summed E-state index contributed by atoms with van der Waals surface area (Å²) >= 11 is 0. The Balaban J connectivity index is 1.75. The van der Waals surface area contributed by atoms with Crippen LogP contribution in [-0.4, -0.2) is 19.2 Å². The molecule has 0 radical (unpaired) electrons. The van der Waals surface area contributed by atoms with Crippen LogP contribution in [0.4, 0.5) is 5.69 Å². The zero-order chi connectivity index (χ0) is 14.7. The summed E-state index contributed by atoms with van der Waals surface area (Å²) in [6.45, 7) is 0.642. The van der Waals surface area contributed by atoms with E-state index in [-0.39, 0.29) is 12.7 Å². The summed E-state index contributed by atoms with van der Waals surface area (Å²) in [7, 11) is 0. The van der Waals surface area contributed by atoms with Crippen LogP contribution in [0, 0.1) is 5.41 Å². The fourth-order valence-corrected chi connectivity index (χ4v) is 3.17. The van der Waals surface area contributed by atoms with Crippen molar-refractivity contribution in [2.75, 3.05) is 18.7 Å². The van der Waals surface area contributed by atoms with Crippen LogP contribution in [0.25, 0.3) is 0 Å². The molecular formula is C16H22N2O3. The van der Waals surface area contributed by atoms with Crippen molar-refractivity contribution in [3.05, 3.63) is 18.2 Å². The molecule has 0 bridgehead atoms. The van der Waals surface area contributed by atoms with Crippen molar-refractivity contribution in [2.45, 2.75) is 38.5 Å². The average Bonchev–Trinajstić information content (AvgIpc) is 2.82. The Morgan fingerprint density at radius 2 is 1.86 bits per heavy atom. The first-order valence-corrected chi connectivity index (χ1v) is 7.65. The van der Waals surface area contributed by atoms with Crippen molar-refractivity contribution in [1.82, 2.24) is 0 Å². The number of carbonyl (C=O) groups is 1. The SMILES string of the molecule is NCC1(C(=O)Nc2ccc3c(c2)OCO3)CCCCCC1. The summed E-state index contributed by atoms with van der Waals surface area (Å²) in [6.07, 6.45) is 6.29. The Morgan fingerprint density at radius 3 is 2.57 bits per heavy atom. The number of hydrogen-bond acceptors (Lipinski definition) is 4. The van der Waals surface area contributed by atoms with Crippen LogP contribution >= 0.6 is 0 Å². The monoisotopic (exact) mass is 290 g/mol. The summed E-state index contributed by atoms with van der Waals surface area (Å²) in [4.78, 5) is 12.7. The lowest BCUT2D eigenvalue weighted by molar-refractivity contribution is -0.125. The van der Waals surface area contributed by atoms with Gasteiger partial charge in [0, 0.05) is 18.3 Å². The van der Waals surface area contributed by atoms with E-state index >= 15 is 0 Å². The first-order valence-electron chi connectivity index (χ1n) is 7.65. The van der Waals surface area contributed by atoms with Gasteiger partial charge in [0.05, 0.1) is 5.41 Å². The largest absolute Gasteiger partial charge is 0.454 e. The van der Waals surface area contributed by atoms with Crippen LogP contribution in [0.1, 0.15) is 38.5 Å². The average molecular weight is 290 g/mol. The van der Waals surface area contributed by atoms with E-state index in [2.05, 4.69) is 5.32 Å². The molecule has 0 spiro atoms. The standard InChI is InChI=1S/C16H22N2O3/c17-10-16(7-3-1-2-4-8-16)15(19)18-12-5-6-13-14(9-12)21-11-20-13/h5-6,9H,1-4,7-8,10-11,17H2,(H,18,19). The Labute approximate surface area is 124 Å². The number of anilines is 1. The van der Waals surface area contributed by atoms with Crippen molar-refractivity contribution < 1.29 is 14.3 Å². The number of hydrogen-bond donors (Lipinski definition) is 2. The van der Waals surface area contributed by atoms with E-state index in [9.17, 15) is 4.79 Å². The molecule has 5 nitrogen and oxygen atoms in total. The van der Waals surface area contributed by atoms with Gasteiger partial charge in [-0.2, -0.15) is 0 Å². The molecule has 3 N–H and O–H groups in total. The molecule has 1 aliphatic carbocycles. The molecule has 1 fully saturated rings. The first-order chi connectivity index (χ1) is 10.2. The van der Waals surface area contributed by atoms with E-state index < -0.39 is 5.41 Å². The van der Waals surface area contributed by atoms with Crippen LogP contribution in [0.5, 0.6) is 11.5 Å². The molecule has 3 rings (SSSR count). The number of carbonyl (C=O) groups excluding carboxylic acids is 1. The molecule has 2 aliphatic rings. The zero-order valence-corrected chi connectivity index (χ0v) is 12.2. The van der Waals surface area contributed by atoms with Gasteiger partial charge >= 0.3 is 0 Å². The maximum Gasteiger partial charge on any atom is 0.231 e. The highest BCUT2D eigenvalue weighted by molar-refractivity contribution is 5.95. The van der Waals surface area contributed by atoms with Crippen LogP contribution in [0.2, 0.25) is 0 Å². The Morgan fingerprint density at radius 1 is 1.14 bits per heavy atom. The van der Waals surface area contributed by atoms with Crippen LogP contribution < -0.4 is 20.5 Å². The number of nitrogens with two attached hydrogens (primary N) is 1. The molecule has 0 saturated heterocycles. The molecule has 114 valence electrons. The summed E-state index contributed by atoms with van der Waals surface area (Å²) in [5.41, 5.74) is 6.26. The van der Waals surface area contributed by atoms with Crippen molar-refractivity contribution in [3.8, 4) is 11.5 Å². The molecular weight excluding hydrogens is 268 g/mol. The highest BCUT2D eigenvalue weighted by Gasteiger charge is 2.37. The maximum atomic E-state index is 12.7. The van der Waals surface area contributed by atoms with Crippen LogP contribution in [-0.2, 0) is 4.79 Å². The Kier molecular flexibility index (Phi) is 4.01. The lowest BCUT2D eigenvalue weighted by Gasteiger charge is -2.29. The minimum absolute atomic E-state index is 0.0331. The first kappa shape index (κ1) is 14.2. The van der Waals surface area contributed by atoms with E-state index in [0.717, 1.165) is 37.1 Å². The second kappa shape index (κ2) is 5.93. The Bertz CT molecular complexity index is 522. The van der Waals surface area contributed by atoms with E-state index in [1.165, 1.54) is 12.8 Å². The number of fused-ring (bicyclic) bond motifs is 1. The van der Waals surface area contributed by atoms with Gasteiger partial charge in [-0.1, -0.05) is 25.7 Å². The van der Waals surface area contributed by atoms with Crippen LogP contribution in [0.3, 0.4) is 0 Å². The minimum atomic E-state index is -0.424. The fraction of sp³-hybridized carbons (Fsp3) is 0.562. The molecule has 1 heterocycles. The summed E-state index contributed by atoms with van der Waals surface area (Å²) in [6, 6.07) is 5.47. The van der Waals surface area contributed by atoms with Gasteiger partial charge in [0.2, 0.25) is 12.7 Å². The molecule has 21 heavy (non-hydrogen) atoms. The third-order valence-corrected chi connectivity index (χ3v) is 4.56. The highest BCUT2D eigenvalue weighted by atomic mass is 16.7. The van der Waals surface area contributed by atoms with Gasteiger partial charge in [-0.05, 0) is 25.0 Å². The summed E-state index contributed by atoms with van der Waals surface area (Å²) in [5, 5.41) is 3.01. The van der Waals surface area contributed by atoms with Gasteiger partial charge in [0.15, 0.2) is 11.5 Å². The minimum Gasteiger partial charge on any atom is -0.454 e. The van der Waals surface area contributed by atoms with Gasteiger partial charge < -0.3 is 20.5 Å². The Hall–Kier alpha value is -1.75. The summed E-state index contributed by atoms with van der Waals surface area (Å²) < 4.78 is 10.6. The van der Waals surface area contributed by atoms with Gasteiger partial charge in [-0.15, -0.1) is 0 Å². The number of amides is 1. The topological polar surface area (TPSA) is 73.6 Å². The molecule has 5 heteroatoms. The molecule has 1 aliphatic heterocycles. The number of rotatable bonds is 3. The van der Waals surface area contributed by atoms with Gasteiger partial charge in [0.25, 0.3) is 0 Å². The van der Waals surface area contributed by atoms with Gasteiger partial charge in [-0.25, -0.2) is 0 Å². The second-order valence-corrected chi connectivity index (χ2v) is 5.92. The normalized spacial score (nSPS) is 19.9. The van der Waals surface area contributed by atoms with Crippen molar-refractivity contribution in [3.63, 3.8) is 0 Å². The third-order valence-electron chi connectivity index (χ3n) is 4.56. The molecule has 0 atom stereocenters. The molecule has 1 saturated carbocycles. The van der Waals surface area contributed by atoms with E-state index in [1.54, 1.807) is 6.07 Å². The number of nitrogens with one attached hydrogen (secondary N) is 1. The quantitative estimate of drug-likeness (QED) is 0.839. The van der Waals surface area contributed by atoms with Gasteiger partial charge in [-0.3, -0.25) is 4.79 Å². The molecule has 0 aromatic heterocycles. The van der Waals surface area contributed by atoms with E-state index in [0.29, 0.717) is 12.3 Å². The fourth-order valence-electron chi connectivity index (χ4n) is 3.17. The predicted octanol–water partition coefficient (Wildman–Crippen LogP) is 2.65. The summed E-state index contributed by atoms with van der Waals surface area (Å²) in [5.74, 6) is 1.43. The maximum absolute atomic E-state index is 12.7. The van der Waals surface area contributed by atoms with E-state index in [4.69, 9.17) is 15.2 Å². The predicted molar refractivity (Wildman–Crippen MR) is 80.4 cm³/mol. The molecule has 1 amide bonds. The lowest BCUT2D eigenvalue weighted by Crippen LogP contribution is -2.42. The van der Waals surface area contributed by atoms with Gasteiger partial charge in [0.1, 0.15) is 0 Å². The van der Waals surface area contributed by atoms with E-state index in [1.807, 2.05) is 12.1 Å². The number of benzene rings is 1. The molecule has 0 unspecified atom stereocenters. The molecule has 1 aromatic rings.